The minimum Gasteiger partial charge on any atom is -0.512 e. The van der Waals surface area contributed by atoms with Gasteiger partial charge in [-0.15, -0.1) is 0 Å². The van der Waals surface area contributed by atoms with E-state index in [0.717, 1.165) is 12.0 Å². The molecule has 21 heavy (non-hydrogen) atoms. The average molecular weight is 288 g/mol. The molecule has 0 aromatic heterocycles. The molecule has 0 amide bonds. The molecule has 1 heterocycles. The standard InChI is InChI=1S/C17H20O4/c1-10(18)16-14(19)8-7-12-13(9-15(20)21-17(12)16)11-5-3-2-4-6-11/h2-6,12-13,15,17,19-20H,7-9H2,1H3/t12?,13-,15?,17?/m1/s1. The van der Waals surface area contributed by atoms with Crippen molar-refractivity contribution in [3.05, 3.63) is 47.2 Å². The zero-order chi connectivity index (χ0) is 15.0. The lowest BCUT2D eigenvalue weighted by atomic mass is 9.70. The molecule has 0 radical (unpaired) electrons. The number of carbonyl (C=O) groups is 1. The van der Waals surface area contributed by atoms with Crippen LogP contribution in [0.25, 0.3) is 0 Å². The Hall–Kier alpha value is -1.65. The van der Waals surface area contributed by atoms with E-state index in [-0.39, 0.29) is 23.4 Å². The molecule has 1 aromatic rings. The summed E-state index contributed by atoms with van der Waals surface area (Å²) in [7, 11) is 0. The highest BCUT2D eigenvalue weighted by atomic mass is 16.6. The van der Waals surface area contributed by atoms with Gasteiger partial charge in [0.1, 0.15) is 5.76 Å². The van der Waals surface area contributed by atoms with Gasteiger partial charge in [0.2, 0.25) is 0 Å². The molecule has 112 valence electrons. The van der Waals surface area contributed by atoms with Crippen LogP contribution >= 0.6 is 0 Å². The zero-order valence-corrected chi connectivity index (χ0v) is 12.0. The second-order valence-electron chi connectivity index (χ2n) is 5.88. The SMILES string of the molecule is CC(=O)C1=C(O)CCC2C1OC(O)C[C@@H]2c1ccccc1. The summed E-state index contributed by atoms with van der Waals surface area (Å²) < 4.78 is 5.60. The van der Waals surface area contributed by atoms with Crippen molar-refractivity contribution in [3.8, 4) is 0 Å². The van der Waals surface area contributed by atoms with Crippen molar-refractivity contribution in [1.29, 1.82) is 0 Å². The second-order valence-corrected chi connectivity index (χ2v) is 5.88. The Morgan fingerprint density at radius 2 is 2.00 bits per heavy atom. The molecule has 1 aromatic carbocycles. The maximum absolute atomic E-state index is 11.8. The zero-order valence-electron chi connectivity index (χ0n) is 12.0. The lowest BCUT2D eigenvalue weighted by Crippen LogP contribution is -2.44. The first-order valence-corrected chi connectivity index (χ1v) is 7.39. The summed E-state index contributed by atoms with van der Waals surface area (Å²) in [6.07, 6.45) is 0.372. The third-order valence-corrected chi connectivity index (χ3v) is 4.58. The second kappa shape index (κ2) is 5.62. The van der Waals surface area contributed by atoms with E-state index in [1.54, 1.807) is 0 Å². The number of hydrogen-bond acceptors (Lipinski definition) is 4. The van der Waals surface area contributed by atoms with Gasteiger partial charge in [-0.25, -0.2) is 0 Å². The predicted octanol–water partition coefficient (Wildman–Crippen LogP) is 2.69. The van der Waals surface area contributed by atoms with E-state index in [9.17, 15) is 15.0 Å². The smallest absolute Gasteiger partial charge is 0.161 e. The van der Waals surface area contributed by atoms with Crippen LogP contribution in [-0.2, 0) is 9.53 Å². The number of allylic oxidation sites excluding steroid dienone is 1. The van der Waals surface area contributed by atoms with Gasteiger partial charge in [0.15, 0.2) is 12.1 Å². The van der Waals surface area contributed by atoms with E-state index in [2.05, 4.69) is 0 Å². The average Bonchev–Trinajstić information content (AvgIpc) is 2.46. The van der Waals surface area contributed by atoms with E-state index in [4.69, 9.17) is 4.74 Å². The molecule has 2 N–H and O–H groups in total. The molecular weight excluding hydrogens is 268 g/mol. The summed E-state index contributed by atoms with van der Waals surface area (Å²) >= 11 is 0. The topological polar surface area (TPSA) is 66.8 Å². The van der Waals surface area contributed by atoms with Crippen molar-refractivity contribution in [3.63, 3.8) is 0 Å². The van der Waals surface area contributed by atoms with Crippen LogP contribution in [0.2, 0.25) is 0 Å². The largest absolute Gasteiger partial charge is 0.512 e. The molecule has 1 fully saturated rings. The number of aliphatic hydroxyl groups is 2. The summed E-state index contributed by atoms with van der Waals surface area (Å²) in [6, 6.07) is 10.0. The fourth-order valence-corrected chi connectivity index (χ4v) is 3.65. The van der Waals surface area contributed by atoms with Gasteiger partial charge >= 0.3 is 0 Å². The Balaban J connectivity index is 1.98. The van der Waals surface area contributed by atoms with E-state index in [0.29, 0.717) is 18.4 Å². The third kappa shape index (κ3) is 2.61. The van der Waals surface area contributed by atoms with Crippen LogP contribution in [0.1, 0.15) is 37.7 Å². The number of ketones is 1. The number of carbonyl (C=O) groups excluding carboxylic acids is 1. The lowest BCUT2D eigenvalue weighted by molar-refractivity contribution is -0.182. The third-order valence-electron chi connectivity index (χ3n) is 4.58. The highest BCUT2D eigenvalue weighted by molar-refractivity contribution is 5.95. The molecule has 3 rings (SSSR count). The number of Topliss-reactive ketones (excluding diaryl/α,β-unsaturated/α-hetero) is 1. The summed E-state index contributed by atoms with van der Waals surface area (Å²) in [5, 5.41) is 20.0. The van der Waals surface area contributed by atoms with E-state index in [1.165, 1.54) is 6.92 Å². The first-order chi connectivity index (χ1) is 10.1. The van der Waals surface area contributed by atoms with Crippen LogP contribution in [0.15, 0.2) is 41.7 Å². The van der Waals surface area contributed by atoms with Crippen molar-refractivity contribution in [2.75, 3.05) is 0 Å². The molecule has 0 bridgehead atoms. The molecule has 4 nitrogen and oxygen atoms in total. The number of fused-ring (bicyclic) bond motifs is 1. The first-order valence-electron chi connectivity index (χ1n) is 7.39. The fourth-order valence-electron chi connectivity index (χ4n) is 3.65. The van der Waals surface area contributed by atoms with Gasteiger partial charge in [-0.2, -0.15) is 0 Å². The van der Waals surface area contributed by atoms with Gasteiger partial charge in [-0.1, -0.05) is 30.3 Å². The maximum atomic E-state index is 11.8. The Morgan fingerprint density at radius 1 is 1.29 bits per heavy atom. The van der Waals surface area contributed by atoms with Crippen LogP contribution in [0.3, 0.4) is 0 Å². The van der Waals surface area contributed by atoms with Gasteiger partial charge < -0.3 is 14.9 Å². The highest BCUT2D eigenvalue weighted by Crippen LogP contribution is 2.46. The van der Waals surface area contributed by atoms with Crippen LogP contribution in [0.5, 0.6) is 0 Å². The van der Waals surface area contributed by atoms with Gasteiger partial charge in [0.05, 0.1) is 11.7 Å². The summed E-state index contributed by atoms with van der Waals surface area (Å²) in [4.78, 5) is 11.8. The van der Waals surface area contributed by atoms with E-state index >= 15 is 0 Å². The molecule has 1 aliphatic carbocycles. The molecule has 4 heteroatoms. The van der Waals surface area contributed by atoms with Crippen molar-refractivity contribution in [1.82, 2.24) is 0 Å². The summed E-state index contributed by atoms with van der Waals surface area (Å²) in [5.41, 5.74) is 1.49. The number of benzene rings is 1. The van der Waals surface area contributed by atoms with Gasteiger partial charge in [-0.3, -0.25) is 4.79 Å². The fraction of sp³-hybridized carbons (Fsp3) is 0.471. The molecule has 4 atom stereocenters. The van der Waals surface area contributed by atoms with Crippen molar-refractivity contribution in [2.24, 2.45) is 5.92 Å². The Labute approximate surface area is 124 Å². The van der Waals surface area contributed by atoms with Crippen LogP contribution in [0, 0.1) is 5.92 Å². The minimum absolute atomic E-state index is 0.115. The number of hydrogen-bond donors (Lipinski definition) is 2. The quantitative estimate of drug-likeness (QED) is 0.878. The minimum atomic E-state index is -0.906. The Bertz CT molecular complexity index is 563. The summed E-state index contributed by atoms with van der Waals surface area (Å²) in [6.45, 7) is 1.44. The number of ether oxygens (including phenoxy) is 1. The normalized spacial score (nSPS) is 32.7. The molecule has 1 aliphatic heterocycles. The number of rotatable bonds is 2. The first kappa shape index (κ1) is 14.3. The predicted molar refractivity (Wildman–Crippen MR) is 77.7 cm³/mol. The Kier molecular flexibility index (Phi) is 3.83. The number of aliphatic hydroxyl groups excluding tert-OH is 2. The van der Waals surface area contributed by atoms with E-state index < -0.39 is 12.4 Å². The molecule has 0 saturated carbocycles. The molecular formula is C17H20O4. The summed E-state index contributed by atoms with van der Waals surface area (Å²) in [5.74, 6) is 0.195. The van der Waals surface area contributed by atoms with Crippen LogP contribution in [-0.4, -0.2) is 28.4 Å². The van der Waals surface area contributed by atoms with Gasteiger partial charge in [-0.05, 0) is 30.7 Å². The lowest BCUT2D eigenvalue weighted by Gasteiger charge is -2.43. The van der Waals surface area contributed by atoms with Crippen LogP contribution < -0.4 is 0 Å². The van der Waals surface area contributed by atoms with Crippen LogP contribution in [0.4, 0.5) is 0 Å². The monoisotopic (exact) mass is 288 g/mol. The van der Waals surface area contributed by atoms with Crippen molar-refractivity contribution in [2.45, 2.75) is 44.5 Å². The van der Waals surface area contributed by atoms with Gasteiger partial charge in [0, 0.05) is 12.8 Å². The van der Waals surface area contributed by atoms with Gasteiger partial charge in [0.25, 0.3) is 0 Å². The molecule has 2 aliphatic rings. The van der Waals surface area contributed by atoms with Crippen molar-refractivity contribution < 1.29 is 19.7 Å². The molecule has 3 unspecified atom stereocenters. The molecule has 0 spiro atoms. The van der Waals surface area contributed by atoms with E-state index in [1.807, 2.05) is 30.3 Å². The Morgan fingerprint density at radius 3 is 2.67 bits per heavy atom. The highest BCUT2D eigenvalue weighted by Gasteiger charge is 2.44. The van der Waals surface area contributed by atoms with Crippen molar-refractivity contribution >= 4 is 5.78 Å². The maximum Gasteiger partial charge on any atom is 0.161 e. The molecule has 1 saturated heterocycles.